The summed E-state index contributed by atoms with van der Waals surface area (Å²) in [5, 5.41) is 3.23. The van der Waals surface area contributed by atoms with Gasteiger partial charge in [-0.05, 0) is 44.4 Å². The Bertz CT molecular complexity index is 718. The minimum absolute atomic E-state index is 0.0655. The van der Waals surface area contributed by atoms with Gasteiger partial charge < -0.3 is 16.0 Å². The number of nitrogens with one attached hydrogen (secondary N) is 1. The lowest BCUT2D eigenvalue weighted by molar-refractivity contribution is -0.129. The Hall–Kier alpha value is -2.41. The summed E-state index contributed by atoms with van der Waals surface area (Å²) in [6, 6.07) is 9.65. The lowest BCUT2D eigenvalue weighted by Gasteiger charge is -2.34. The van der Waals surface area contributed by atoms with E-state index in [1.165, 1.54) is 19.3 Å². The Morgan fingerprint density at radius 3 is 2.47 bits per heavy atom. The Morgan fingerprint density at radius 2 is 1.77 bits per heavy atom. The topological polar surface area (TPSA) is 95.7 Å². The molecule has 0 bridgehead atoms. The van der Waals surface area contributed by atoms with Crippen LogP contribution in [0.2, 0.25) is 0 Å². The normalized spacial score (nSPS) is 20.5. The summed E-state index contributed by atoms with van der Waals surface area (Å²) < 4.78 is 0. The number of hydrogen-bond donors (Lipinski definition) is 2. The van der Waals surface area contributed by atoms with Crippen LogP contribution in [0.3, 0.4) is 0 Å². The van der Waals surface area contributed by atoms with Gasteiger partial charge in [0.2, 0.25) is 17.7 Å². The summed E-state index contributed by atoms with van der Waals surface area (Å²) in [4.78, 5) is 40.7. The van der Waals surface area contributed by atoms with Crippen LogP contribution < -0.4 is 16.0 Å². The van der Waals surface area contributed by atoms with E-state index < -0.39 is 5.91 Å². The average Bonchev–Trinajstić information content (AvgIpc) is 2.75. The van der Waals surface area contributed by atoms with E-state index in [4.69, 9.17) is 5.73 Å². The molecule has 0 radical (unpaired) electrons. The molecule has 2 fully saturated rings. The van der Waals surface area contributed by atoms with Crippen LogP contribution in [0.25, 0.3) is 0 Å². The molecule has 2 aliphatic rings. The third-order valence-corrected chi connectivity index (χ3v) is 6.14. The van der Waals surface area contributed by atoms with E-state index in [9.17, 15) is 14.4 Å². The number of carbonyl (C=O) groups excluding carboxylic acids is 3. The Morgan fingerprint density at radius 1 is 1.03 bits per heavy atom. The van der Waals surface area contributed by atoms with Gasteiger partial charge in [-0.1, -0.05) is 37.5 Å². The fourth-order valence-electron chi connectivity index (χ4n) is 4.48. The molecule has 1 saturated carbocycles. The predicted octanol–water partition coefficient (Wildman–Crippen LogP) is 2.06. The van der Waals surface area contributed by atoms with E-state index in [1.807, 2.05) is 30.3 Å². The highest BCUT2D eigenvalue weighted by molar-refractivity contribution is 5.95. The van der Waals surface area contributed by atoms with Crippen molar-refractivity contribution < 1.29 is 14.4 Å². The number of para-hydroxylation sites is 1. The molecule has 0 spiro atoms. The van der Waals surface area contributed by atoms with E-state index in [0.29, 0.717) is 12.6 Å². The van der Waals surface area contributed by atoms with Crippen molar-refractivity contribution in [2.45, 2.75) is 57.4 Å². The number of hydrogen-bond acceptors (Lipinski definition) is 4. The van der Waals surface area contributed by atoms with E-state index >= 15 is 0 Å². The number of carbonyl (C=O) groups is 3. The molecule has 3 amide bonds. The zero-order valence-corrected chi connectivity index (χ0v) is 17.7. The predicted molar refractivity (Wildman–Crippen MR) is 117 cm³/mol. The average molecular weight is 415 g/mol. The van der Waals surface area contributed by atoms with Gasteiger partial charge in [-0.15, -0.1) is 0 Å². The maximum absolute atomic E-state index is 13.0. The summed E-state index contributed by atoms with van der Waals surface area (Å²) in [5.41, 5.74) is 6.06. The molecule has 1 atom stereocenters. The number of anilines is 1. The zero-order valence-electron chi connectivity index (χ0n) is 17.7. The third kappa shape index (κ3) is 6.55. The number of nitrogens with zero attached hydrogens (tertiary/aromatic N) is 2. The van der Waals surface area contributed by atoms with Gasteiger partial charge in [-0.3, -0.25) is 19.3 Å². The number of nitrogens with two attached hydrogens (primary N) is 1. The van der Waals surface area contributed by atoms with E-state index in [-0.39, 0.29) is 37.2 Å². The summed E-state index contributed by atoms with van der Waals surface area (Å²) in [7, 11) is 0. The van der Waals surface area contributed by atoms with Crippen molar-refractivity contribution in [3.8, 4) is 0 Å². The molecule has 1 unspecified atom stereocenters. The van der Waals surface area contributed by atoms with Crippen molar-refractivity contribution in [1.29, 1.82) is 0 Å². The van der Waals surface area contributed by atoms with Crippen molar-refractivity contribution in [1.82, 2.24) is 10.2 Å². The van der Waals surface area contributed by atoms with Crippen LogP contribution in [0.1, 0.15) is 51.4 Å². The standard InChI is InChI=1S/C23H34N4O3/c24-21(28)13-15-27(20-11-5-2-6-12-20)22(29)17-26-14-7-8-18(16-26)23(30)25-19-9-3-1-4-10-19/h2,5-6,11-12,18-19H,1,3-4,7-10,13-17H2,(H2,24,28)(H,25,30). The first-order chi connectivity index (χ1) is 14.5. The molecule has 1 aliphatic heterocycles. The first-order valence-electron chi connectivity index (χ1n) is 11.2. The molecule has 1 aromatic rings. The molecule has 1 saturated heterocycles. The van der Waals surface area contributed by atoms with Crippen LogP contribution in [0, 0.1) is 5.92 Å². The molecular formula is C23H34N4O3. The van der Waals surface area contributed by atoms with Crippen molar-refractivity contribution in [3.05, 3.63) is 30.3 Å². The van der Waals surface area contributed by atoms with Crippen molar-refractivity contribution in [2.75, 3.05) is 31.1 Å². The van der Waals surface area contributed by atoms with E-state index in [2.05, 4.69) is 10.2 Å². The maximum atomic E-state index is 13.0. The van der Waals surface area contributed by atoms with Crippen LogP contribution in [-0.2, 0) is 14.4 Å². The van der Waals surface area contributed by atoms with Crippen LogP contribution in [0.4, 0.5) is 5.69 Å². The monoisotopic (exact) mass is 414 g/mol. The van der Waals surface area contributed by atoms with Gasteiger partial charge in [-0.2, -0.15) is 0 Å². The molecule has 3 rings (SSSR count). The third-order valence-electron chi connectivity index (χ3n) is 6.14. The summed E-state index contributed by atoms with van der Waals surface area (Å²) in [6.07, 6.45) is 7.69. The molecule has 30 heavy (non-hydrogen) atoms. The summed E-state index contributed by atoms with van der Waals surface area (Å²) in [5.74, 6) is -0.436. The number of piperidine rings is 1. The quantitative estimate of drug-likeness (QED) is 0.681. The summed E-state index contributed by atoms with van der Waals surface area (Å²) in [6.45, 7) is 1.90. The number of primary amides is 1. The van der Waals surface area contributed by atoms with Crippen molar-refractivity contribution >= 4 is 23.4 Å². The molecule has 3 N–H and O–H groups in total. The van der Waals surface area contributed by atoms with Crippen LogP contribution in [0.15, 0.2) is 30.3 Å². The minimum atomic E-state index is -0.429. The second kappa shape index (κ2) is 11.1. The van der Waals surface area contributed by atoms with Crippen LogP contribution >= 0.6 is 0 Å². The number of rotatable bonds is 8. The number of benzene rings is 1. The Kier molecular flexibility index (Phi) is 8.25. The van der Waals surface area contributed by atoms with E-state index in [1.54, 1.807) is 4.90 Å². The number of likely N-dealkylation sites (tertiary alicyclic amines) is 1. The van der Waals surface area contributed by atoms with Gasteiger partial charge in [0, 0.05) is 31.2 Å². The first kappa shape index (κ1) is 22.3. The fourth-order valence-corrected chi connectivity index (χ4v) is 4.48. The molecule has 1 heterocycles. The van der Waals surface area contributed by atoms with Gasteiger partial charge >= 0.3 is 0 Å². The first-order valence-corrected chi connectivity index (χ1v) is 11.2. The molecule has 0 aromatic heterocycles. The largest absolute Gasteiger partial charge is 0.370 e. The molecule has 1 aliphatic carbocycles. The zero-order chi connectivity index (χ0) is 21.3. The molecule has 7 nitrogen and oxygen atoms in total. The SMILES string of the molecule is NC(=O)CCN(C(=O)CN1CCCC(C(=O)NC2CCCCC2)C1)c1ccccc1. The lowest BCUT2D eigenvalue weighted by atomic mass is 9.93. The summed E-state index contributed by atoms with van der Waals surface area (Å²) >= 11 is 0. The Labute approximate surface area is 179 Å². The number of amides is 3. The smallest absolute Gasteiger partial charge is 0.241 e. The minimum Gasteiger partial charge on any atom is -0.370 e. The Balaban J connectivity index is 1.56. The molecule has 1 aromatic carbocycles. The van der Waals surface area contributed by atoms with Crippen molar-refractivity contribution in [3.63, 3.8) is 0 Å². The van der Waals surface area contributed by atoms with E-state index in [0.717, 1.165) is 37.9 Å². The molecule has 7 heteroatoms. The van der Waals surface area contributed by atoms with Gasteiger partial charge in [0.25, 0.3) is 0 Å². The second-order valence-electron chi connectivity index (χ2n) is 8.52. The van der Waals surface area contributed by atoms with Gasteiger partial charge in [0.1, 0.15) is 0 Å². The highest BCUT2D eigenvalue weighted by Gasteiger charge is 2.29. The van der Waals surface area contributed by atoms with Crippen LogP contribution in [-0.4, -0.2) is 54.8 Å². The fraction of sp³-hybridized carbons (Fsp3) is 0.609. The highest BCUT2D eigenvalue weighted by Crippen LogP contribution is 2.21. The van der Waals surface area contributed by atoms with Gasteiger partial charge in [-0.25, -0.2) is 0 Å². The second-order valence-corrected chi connectivity index (χ2v) is 8.52. The van der Waals surface area contributed by atoms with Crippen LogP contribution in [0.5, 0.6) is 0 Å². The van der Waals surface area contributed by atoms with Crippen molar-refractivity contribution in [2.24, 2.45) is 11.7 Å². The maximum Gasteiger partial charge on any atom is 0.241 e. The highest BCUT2D eigenvalue weighted by atomic mass is 16.2. The molecule has 164 valence electrons. The molecular weight excluding hydrogens is 380 g/mol. The lowest BCUT2D eigenvalue weighted by Crippen LogP contribution is -2.49. The van der Waals surface area contributed by atoms with Gasteiger partial charge in [0.15, 0.2) is 0 Å². The van der Waals surface area contributed by atoms with Gasteiger partial charge in [0.05, 0.1) is 12.5 Å².